The Morgan fingerprint density at radius 2 is 1.77 bits per heavy atom. The molecule has 0 amide bonds. The molecule has 2 aromatic rings. The lowest BCUT2D eigenvalue weighted by molar-refractivity contribution is 1.41. The molecule has 0 saturated carbocycles. The van der Waals surface area contributed by atoms with Crippen LogP contribution in [0, 0.1) is 0 Å². The highest BCUT2D eigenvalue weighted by Gasteiger charge is 2.04. The maximum absolute atomic E-state index is 5.94. The molecule has 4 heteroatoms. The van der Waals surface area contributed by atoms with E-state index in [-0.39, 0.29) is 0 Å². The second kappa shape index (κ2) is 3.33. The van der Waals surface area contributed by atoms with Crippen molar-refractivity contribution < 1.29 is 0 Å². The Kier molecular flexibility index (Phi) is 2.33. The lowest BCUT2D eigenvalue weighted by Crippen LogP contribution is -1.80. The fourth-order valence-corrected chi connectivity index (χ4v) is 1.89. The largest absolute Gasteiger partial charge is 0.255 e. The molecular weight excluding hydrogens is 228 g/mol. The van der Waals surface area contributed by atoms with Crippen molar-refractivity contribution in [3.05, 3.63) is 39.5 Å². The molecule has 0 aliphatic heterocycles. The van der Waals surface area contributed by atoms with Crippen molar-refractivity contribution in [2.24, 2.45) is 0 Å². The summed E-state index contributed by atoms with van der Waals surface area (Å²) in [6.07, 6.45) is 1.62. The third-order valence-electron chi connectivity index (χ3n) is 1.71. The Labute approximate surface area is 90.2 Å². The van der Waals surface area contributed by atoms with Crippen molar-refractivity contribution in [1.82, 2.24) is 4.98 Å². The van der Waals surface area contributed by atoms with Gasteiger partial charge in [-0.1, -0.05) is 34.8 Å². The van der Waals surface area contributed by atoms with Crippen LogP contribution in [0.1, 0.15) is 0 Å². The van der Waals surface area contributed by atoms with E-state index in [1.807, 2.05) is 0 Å². The van der Waals surface area contributed by atoms with Crippen molar-refractivity contribution in [3.8, 4) is 0 Å². The van der Waals surface area contributed by atoms with Gasteiger partial charge in [0, 0.05) is 16.6 Å². The Bertz CT molecular complexity index is 468. The van der Waals surface area contributed by atoms with Crippen LogP contribution in [0.25, 0.3) is 10.9 Å². The average Bonchev–Trinajstić information content (AvgIpc) is 2.07. The first-order valence-electron chi connectivity index (χ1n) is 3.58. The van der Waals surface area contributed by atoms with Gasteiger partial charge in [0.25, 0.3) is 0 Å². The second-order valence-corrected chi connectivity index (χ2v) is 3.83. The summed E-state index contributed by atoms with van der Waals surface area (Å²) in [4.78, 5) is 4.11. The van der Waals surface area contributed by atoms with Gasteiger partial charge in [-0.2, -0.15) is 0 Å². The van der Waals surface area contributed by atoms with E-state index in [1.165, 1.54) is 0 Å². The van der Waals surface area contributed by atoms with Crippen molar-refractivity contribution in [3.63, 3.8) is 0 Å². The predicted molar refractivity (Wildman–Crippen MR) is 56.8 cm³/mol. The van der Waals surface area contributed by atoms with Crippen LogP contribution in [0.2, 0.25) is 15.1 Å². The fraction of sp³-hybridized carbons (Fsp3) is 0. The van der Waals surface area contributed by atoms with Crippen molar-refractivity contribution in [2.45, 2.75) is 0 Å². The van der Waals surface area contributed by atoms with Crippen LogP contribution in [0.5, 0.6) is 0 Å². The maximum atomic E-state index is 5.94. The third-order valence-corrected chi connectivity index (χ3v) is 2.55. The molecule has 0 spiro atoms. The minimum absolute atomic E-state index is 0.519. The van der Waals surface area contributed by atoms with Gasteiger partial charge in [0.05, 0.1) is 15.6 Å². The summed E-state index contributed by atoms with van der Waals surface area (Å²) in [6, 6.07) is 5.10. The molecule has 66 valence electrons. The van der Waals surface area contributed by atoms with E-state index in [0.717, 1.165) is 5.39 Å². The van der Waals surface area contributed by atoms with Gasteiger partial charge in [-0.25, -0.2) is 0 Å². The van der Waals surface area contributed by atoms with Gasteiger partial charge in [-0.3, -0.25) is 4.98 Å². The number of hydrogen-bond donors (Lipinski definition) is 0. The van der Waals surface area contributed by atoms with Gasteiger partial charge in [0.1, 0.15) is 0 Å². The molecule has 0 atom stereocenters. The number of nitrogens with zero attached hydrogens (tertiary/aromatic N) is 1. The summed E-state index contributed by atoms with van der Waals surface area (Å²) in [5.41, 5.74) is 0.679. The number of fused-ring (bicyclic) bond motifs is 1. The van der Waals surface area contributed by atoms with E-state index in [4.69, 9.17) is 34.8 Å². The van der Waals surface area contributed by atoms with Crippen LogP contribution in [-0.4, -0.2) is 4.98 Å². The normalized spacial score (nSPS) is 10.7. The zero-order valence-corrected chi connectivity index (χ0v) is 8.66. The number of pyridine rings is 1. The molecule has 2 rings (SSSR count). The van der Waals surface area contributed by atoms with Gasteiger partial charge in [0.15, 0.2) is 0 Å². The van der Waals surface area contributed by atoms with E-state index in [1.54, 1.807) is 24.4 Å². The van der Waals surface area contributed by atoms with E-state index in [0.29, 0.717) is 20.6 Å². The van der Waals surface area contributed by atoms with Crippen LogP contribution in [-0.2, 0) is 0 Å². The first kappa shape index (κ1) is 9.07. The topological polar surface area (TPSA) is 12.9 Å². The van der Waals surface area contributed by atoms with Crippen molar-refractivity contribution in [1.29, 1.82) is 0 Å². The molecule has 1 heterocycles. The van der Waals surface area contributed by atoms with Crippen molar-refractivity contribution in [2.75, 3.05) is 0 Å². The molecule has 13 heavy (non-hydrogen) atoms. The quantitative estimate of drug-likeness (QED) is 0.663. The third kappa shape index (κ3) is 1.60. The van der Waals surface area contributed by atoms with Crippen LogP contribution >= 0.6 is 34.8 Å². The molecule has 0 bridgehead atoms. The Morgan fingerprint density at radius 3 is 2.54 bits per heavy atom. The highest BCUT2D eigenvalue weighted by atomic mass is 35.5. The predicted octanol–water partition coefficient (Wildman–Crippen LogP) is 4.20. The van der Waals surface area contributed by atoms with Gasteiger partial charge in [-0.05, 0) is 18.2 Å². The summed E-state index contributed by atoms with van der Waals surface area (Å²) in [5.74, 6) is 0. The molecule has 1 aromatic heterocycles. The van der Waals surface area contributed by atoms with Gasteiger partial charge >= 0.3 is 0 Å². The van der Waals surface area contributed by atoms with Crippen LogP contribution in [0.3, 0.4) is 0 Å². The van der Waals surface area contributed by atoms with E-state index >= 15 is 0 Å². The molecule has 0 unspecified atom stereocenters. The van der Waals surface area contributed by atoms with Crippen LogP contribution < -0.4 is 0 Å². The summed E-state index contributed by atoms with van der Waals surface area (Å²) in [6.45, 7) is 0. The average molecular weight is 232 g/mol. The van der Waals surface area contributed by atoms with Crippen molar-refractivity contribution >= 4 is 45.7 Å². The minimum atomic E-state index is 0.519. The molecule has 1 nitrogen and oxygen atoms in total. The Hall–Kier alpha value is -0.500. The molecule has 0 N–H and O–H groups in total. The van der Waals surface area contributed by atoms with Gasteiger partial charge < -0.3 is 0 Å². The summed E-state index contributed by atoms with van der Waals surface area (Å²) < 4.78 is 0. The standard InChI is InChI=1S/C9H4Cl3N/c10-5-3-6-7(11)1-2-13-9(6)8(12)4-5/h1-4H. The van der Waals surface area contributed by atoms with Crippen LogP contribution in [0.15, 0.2) is 24.4 Å². The fourth-order valence-electron chi connectivity index (χ4n) is 1.15. The summed E-state index contributed by atoms with van der Waals surface area (Å²) in [7, 11) is 0. The number of rotatable bonds is 0. The molecule has 0 radical (unpaired) electrons. The monoisotopic (exact) mass is 231 g/mol. The first-order chi connectivity index (χ1) is 6.18. The Balaban J connectivity index is 2.94. The summed E-state index contributed by atoms with van der Waals surface area (Å²) >= 11 is 17.7. The molecular formula is C9H4Cl3N. The van der Waals surface area contributed by atoms with E-state index in [9.17, 15) is 0 Å². The van der Waals surface area contributed by atoms with E-state index < -0.39 is 0 Å². The number of halogens is 3. The zero-order valence-electron chi connectivity index (χ0n) is 6.39. The smallest absolute Gasteiger partial charge is 0.0904 e. The highest BCUT2D eigenvalue weighted by Crippen LogP contribution is 2.30. The number of hydrogen-bond acceptors (Lipinski definition) is 1. The first-order valence-corrected chi connectivity index (χ1v) is 4.71. The van der Waals surface area contributed by atoms with Crippen LogP contribution in [0.4, 0.5) is 0 Å². The lowest BCUT2D eigenvalue weighted by atomic mass is 10.2. The summed E-state index contributed by atoms with van der Waals surface area (Å²) in [5, 5.41) is 2.47. The molecule has 1 aromatic carbocycles. The Morgan fingerprint density at radius 1 is 1.00 bits per heavy atom. The minimum Gasteiger partial charge on any atom is -0.255 e. The number of aromatic nitrogens is 1. The van der Waals surface area contributed by atoms with Gasteiger partial charge in [-0.15, -0.1) is 0 Å². The zero-order chi connectivity index (χ0) is 9.42. The molecule has 0 fully saturated rings. The second-order valence-electron chi connectivity index (χ2n) is 2.58. The van der Waals surface area contributed by atoms with E-state index in [2.05, 4.69) is 4.98 Å². The molecule has 0 saturated heterocycles. The van der Waals surface area contributed by atoms with Gasteiger partial charge in [0.2, 0.25) is 0 Å². The SMILES string of the molecule is Clc1cc(Cl)c2nccc(Cl)c2c1. The lowest BCUT2D eigenvalue weighted by Gasteiger charge is -2.01. The highest BCUT2D eigenvalue weighted by molar-refractivity contribution is 6.41. The molecule has 0 aliphatic rings. The maximum Gasteiger partial charge on any atom is 0.0904 e. The number of benzene rings is 1. The molecule has 0 aliphatic carbocycles.